The quantitative estimate of drug-likeness (QED) is 0.315. The lowest BCUT2D eigenvalue weighted by molar-refractivity contribution is 0.256. The number of aromatic nitrogens is 1. The zero-order valence-electron chi connectivity index (χ0n) is 17.4. The zero-order valence-corrected chi connectivity index (χ0v) is 20.0. The van der Waals surface area contributed by atoms with Gasteiger partial charge in [0.1, 0.15) is 0 Å². The van der Waals surface area contributed by atoms with Gasteiger partial charge in [-0.1, -0.05) is 39.6 Å². The number of nitrogens with zero attached hydrogens (tertiary/aromatic N) is 1. The van der Waals surface area contributed by atoms with Crippen molar-refractivity contribution in [3.63, 3.8) is 0 Å². The summed E-state index contributed by atoms with van der Waals surface area (Å²) >= 11 is 3.57. The molecule has 0 spiro atoms. The van der Waals surface area contributed by atoms with E-state index in [1.807, 2.05) is 18.0 Å². The second kappa shape index (κ2) is 9.26. The van der Waals surface area contributed by atoms with Crippen molar-refractivity contribution in [1.82, 2.24) is 9.71 Å². The molecule has 25 heavy (non-hydrogen) atoms. The van der Waals surface area contributed by atoms with Crippen LogP contribution in [0.15, 0.2) is 23.2 Å². The molecule has 1 N–H and O–H groups in total. The van der Waals surface area contributed by atoms with E-state index < -0.39 is 8.32 Å². The summed E-state index contributed by atoms with van der Waals surface area (Å²) in [5.74, 6) is 1.07. The van der Waals surface area contributed by atoms with Gasteiger partial charge in [0, 0.05) is 15.8 Å². The van der Waals surface area contributed by atoms with Gasteiger partial charge in [-0.3, -0.25) is 9.71 Å². The van der Waals surface area contributed by atoms with Gasteiger partial charge in [0.05, 0.1) is 18.3 Å². The van der Waals surface area contributed by atoms with Gasteiger partial charge in [0.2, 0.25) is 0 Å². The van der Waals surface area contributed by atoms with Crippen molar-refractivity contribution in [2.45, 2.75) is 82.3 Å². The van der Waals surface area contributed by atoms with Crippen LogP contribution in [0.25, 0.3) is 0 Å². The smallest absolute Gasteiger partial charge is 0.192 e. The summed E-state index contributed by atoms with van der Waals surface area (Å²) < 4.78 is 10.2. The van der Waals surface area contributed by atoms with Gasteiger partial charge in [-0.05, 0) is 56.8 Å². The SMILES string of the molecule is CCSc1ccc([C@H](CO[Si](C)(C)C(C)(C)C)NSC(C)(C)C)nc1. The first-order valence-electron chi connectivity index (χ1n) is 9.02. The molecule has 0 unspecified atom stereocenters. The van der Waals surface area contributed by atoms with Crippen molar-refractivity contribution in [1.29, 1.82) is 0 Å². The minimum atomic E-state index is -1.78. The second-order valence-corrected chi connectivity index (χ2v) is 16.6. The number of hydrogen-bond donors (Lipinski definition) is 1. The molecule has 0 bridgehead atoms. The molecular formula is C19H36N2OS2Si. The highest BCUT2D eigenvalue weighted by molar-refractivity contribution is 7.99. The molecule has 0 aliphatic heterocycles. The van der Waals surface area contributed by atoms with E-state index in [1.165, 1.54) is 4.90 Å². The molecule has 6 heteroatoms. The van der Waals surface area contributed by atoms with Crippen LogP contribution in [0.5, 0.6) is 0 Å². The number of nitrogens with one attached hydrogen (secondary N) is 1. The second-order valence-electron chi connectivity index (χ2n) is 8.81. The minimum Gasteiger partial charge on any atom is -0.415 e. The first-order valence-corrected chi connectivity index (χ1v) is 13.7. The van der Waals surface area contributed by atoms with Crippen molar-refractivity contribution in [3.8, 4) is 0 Å². The Hall–Kier alpha value is -0.0131. The van der Waals surface area contributed by atoms with Gasteiger partial charge in [-0.15, -0.1) is 11.8 Å². The lowest BCUT2D eigenvalue weighted by Crippen LogP contribution is -2.42. The van der Waals surface area contributed by atoms with E-state index in [0.717, 1.165) is 11.4 Å². The average molecular weight is 401 g/mol. The minimum absolute atomic E-state index is 0.0963. The van der Waals surface area contributed by atoms with E-state index in [2.05, 4.69) is 78.4 Å². The molecule has 0 saturated carbocycles. The van der Waals surface area contributed by atoms with Crippen molar-refractivity contribution in [3.05, 3.63) is 24.0 Å². The van der Waals surface area contributed by atoms with E-state index in [9.17, 15) is 0 Å². The molecule has 0 fully saturated rings. The first-order chi connectivity index (χ1) is 11.4. The maximum atomic E-state index is 6.47. The molecule has 0 aliphatic carbocycles. The third-order valence-electron chi connectivity index (χ3n) is 4.35. The monoisotopic (exact) mass is 400 g/mol. The highest BCUT2D eigenvalue weighted by atomic mass is 32.2. The molecule has 144 valence electrons. The van der Waals surface area contributed by atoms with Gasteiger partial charge < -0.3 is 4.43 Å². The summed E-state index contributed by atoms with van der Waals surface area (Å²) in [5.41, 5.74) is 1.05. The summed E-state index contributed by atoms with van der Waals surface area (Å²) in [5, 5.41) is 0.212. The Labute approximate surface area is 164 Å². The molecular weight excluding hydrogens is 364 g/mol. The molecule has 0 aromatic carbocycles. The standard InChI is InChI=1S/C19H36N2OS2Si/c1-10-23-15-11-12-16(20-13-15)17(21-24-18(2,3)4)14-22-25(8,9)19(5,6)7/h11-13,17,21H,10,14H2,1-9H3/t17-/m0/s1. The van der Waals surface area contributed by atoms with Crippen LogP contribution in [-0.4, -0.2) is 30.4 Å². The van der Waals surface area contributed by atoms with Crippen molar-refractivity contribution in [2.24, 2.45) is 0 Å². The molecule has 1 aromatic rings. The number of pyridine rings is 1. The maximum absolute atomic E-state index is 6.47. The molecule has 3 nitrogen and oxygen atoms in total. The normalized spacial score (nSPS) is 14.6. The summed E-state index contributed by atoms with van der Waals surface area (Å²) in [6.45, 7) is 20.9. The highest BCUT2D eigenvalue weighted by Crippen LogP contribution is 2.37. The third kappa shape index (κ3) is 8.04. The van der Waals surface area contributed by atoms with Crippen molar-refractivity contribution < 1.29 is 4.43 Å². The van der Waals surface area contributed by atoms with Crippen LogP contribution in [0.3, 0.4) is 0 Å². The Kier molecular flexibility index (Phi) is 8.53. The lowest BCUT2D eigenvalue weighted by Gasteiger charge is -2.37. The fourth-order valence-electron chi connectivity index (χ4n) is 1.79. The fourth-order valence-corrected chi connectivity index (χ4v) is 4.11. The molecule has 0 radical (unpaired) electrons. The predicted octanol–water partition coefficient (Wildman–Crippen LogP) is 6.29. The van der Waals surface area contributed by atoms with Gasteiger partial charge in [-0.25, -0.2) is 0 Å². The number of rotatable bonds is 8. The van der Waals surface area contributed by atoms with Gasteiger partial charge in [0.15, 0.2) is 8.32 Å². The number of hydrogen-bond acceptors (Lipinski definition) is 5. The summed E-state index contributed by atoms with van der Waals surface area (Å²) in [7, 11) is -1.78. The van der Waals surface area contributed by atoms with Crippen LogP contribution in [0.2, 0.25) is 18.1 Å². The van der Waals surface area contributed by atoms with E-state index in [-0.39, 0.29) is 15.8 Å². The topological polar surface area (TPSA) is 34.1 Å². The summed E-state index contributed by atoms with van der Waals surface area (Å²) in [6, 6.07) is 4.40. The van der Waals surface area contributed by atoms with Crippen molar-refractivity contribution >= 4 is 32.0 Å². The van der Waals surface area contributed by atoms with Gasteiger partial charge in [-0.2, -0.15) is 0 Å². The Morgan fingerprint density at radius 1 is 1.16 bits per heavy atom. The molecule has 1 aromatic heterocycles. The Morgan fingerprint density at radius 2 is 1.80 bits per heavy atom. The highest BCUT2D eigenvalue weighted by Gasteiger charge is 2.37. The lowest BCUT2D eigenvalue weighted by atomic mass is 10.2. The largest absolute Gasteiger partial charge is 0.415 e. The average Bonchev–Trinajstić information content (AvgIpc) is 2.46. The first kappa shape index (κ1) is 23.0. The predicted molar refractivity (Wildman–Crippen MR) is 117 cm³/mol. The molecule has 1 rings (SSSR count). The van der Waals surface area contributed by atoms with Crippen LogP contribution in [0, 0.1) is 0 Å². The molecule has 0 aliphatic rings. The number of thioether (sulfide) groups is 1. The summed E-state index contributed by atoms with van der Waals surface area (Å²) in [6.07, 6.45) is 1.98. The van der Waals surface area contributed by atoms with E-state index in [4.69, 9.17) is 9.41 Å². The Balaban J connectivity index is 2.89. The van der Waals surface area contributed by atoms with Crippen LogP contribution in [0.4, 0.5) is 0 Å². The van der Waals surface area contributed by atoms with Gasteiger partial charge in [0.25, 0.3) is 0 Å². The van der Waals surface area contributed by atoms with Crippen LogP contribution in [-0.2, 0) is 4.43 Å². The Morgan fingerprint density at radius 3 is 2.24 bits per heavy atom. The zero-order chi connectivity index (χ0) is 19.3. The molecule has 1 heterocycles. The van der Waals surface area contributed by atoms with E-state index in [0.29, 0.717) is 6.61 Å². The van der Waals surface area contributed by atoms with E-state index >= 15 is 0 Å². The molecule has 1 atom stereocenters. The summed E-state index contributed by atoms with van der Waals surface area (Å²) in [4.78, 5) is 5.92. The van der Waals surface area contributed by atoms with Crippen LogP contribution in [0.1, 0.15) is 60.2 Å². The maximum Gasteiger partial charge on any atom is 0.192 e. The fraction of sp³-hybridized carbons (Fsp3) is 0.737. The van der Waals surface area contributed by atoms with Crippen molar-refractivity contribution in [2.75, 3.05) is 12.4 Å². The van der Waals surface area contributed by atoms with Crippen LogP contribution >= 0.6 is 23.7 Å². The van der Waals surface area contributed by atoms with Crippen LogP contribution < -0.4 is 4.72 Å². The molecule has 0 saturated heterocycles. The van der Waals surface area contributed by atoms with Gasteiger partial charge >= 0.3 is 0 Å². The molecule has 0 amide bonds. The Bertz CT molecular complexity index is 522. The third-order valence-corrected chi connectivity index (χ3v) is 10.7. The van der Waals surface area contributed by atoms with E-state index in [1.54, 1.807) is 11.9 Å².